The lowest BCUT2D eigenvalue weighted by molar-refractivity contribution is -0.132. The van der Waals surface area contributed by atoms with Gasteiger partial charge in [-0.3, -0.25) is 9.69 Å². The molecule has 1 aromatic heterocycles. The molecule has 3 heterocycles. The fourth-order valence-corrected chi connectivity index (χ4v) is 4.87. The Balaban J connectivity index is 1.54. The van der Waals surface area contributed by atoms with Crippen LogP contribution in [-0.2, 0) is 9.53 Å². The van der Waals surface area contributed by atoms with Crippen LogP contribution in [0.2, 0.25) is 0 Å². The van der Waals surface area contributed by atoms with Crippen LogP contribution in [0.15, 0.2) is 16.8 Å². The van der Waals surface area contributed by atoms with E-state index in [0.29, 0.717) is 12.3 Å². The third kappa shape index (κ3) is 4.00. The van der Waals surface area contributed by atoms with Gasteiger partial charge in [-0.1, -0.05) is 0 Å². The van der Waals surface area contributed by atoms with Crippen molar-refractivity contribution in [2.75, 3.05) is 45.1 Å². The van der Waals surface area contributed by atoms with Crippen molar-refractivity contribution in [2.24, 2.45) is 0 Å². The highest BCUT2D eigenvalue weighted by Gasteiger charge is 2.29. The van der Waals surface area contributed by atoms with E-state index in [1.165, 1.54) is 5.56 Å². The van der Waals surface area contributed by atoms with E-state index in [0.717, 1.165) is 51.6 Å². The van der Waals surface area contributed by atoms with Crippen molar-refractivity contribution in [1.82, 2.24) is 9.80 Å². The van der Waals surface area contributed by atoms with Crippen molar-refractivity contribution < 1.29 is 9.53 Å². The minimum Gasteiger partial charge on any atom is -0.379 e. The largest absolute Gasteiger partial charge is 0.379 e. The Labute approximate surface area is 134 Å². The number of carbonyl (C=O) groups is 1. The number of hydrogen-bond donors (Lipinski definition) is 0. The van der Waals surface area contributed by atoms with Gasteiger partial charge in [0.15, 0.2) is 0 Å². The van der Waals surface area contributed by atoms with E-state index in [1.54, 1.807) is 11.3 Å². The third-order valence-electron chi connectivity index (χ3n) is 4.00. The van der Waals surface area contributed by atoms with Gasteiger partial charge in [-0.05, 0) is 28.8 Å². The highest BCUT2D eigenvalue weighted by atomic mass is 32.2. The molecule has 21 heavy (non-hydrogen) atoms. The molecule has 0 spiro atoms. The van der Waals surface area contributed by atoms with Gasteiger partial charge in [0.2, 0.25) is 5.91 Å². The molecule has 0 saturated carbocycles. The van der Waals surface area contributed by atoms with Crippen LogP contribution in [0.25, 0.3) is 0 Å². The average molecular weight is 326 g/mol. The van der Waals surface area contributed by atoms with E-state index in [9.17, 15) is 4.79 Å². The van der Waals surface area contributed by atoms with E-state index in [1.807, 2.05) is 11.8 Å². The van der Waals surface area contributed by atoms with Gasteiger partial charge in [0.1, 0.15) is 5.37 Å². The molecule has 0 aliphatic carbocycles. The SMILES string of the molecule is O=C1CCSC(c2ccsc2)N1CCCN1CCOCC1. The molecule has 2 fully saturated rings. The van der Waals surface area contributed by atoms with Gasteiger partial charge in [-0.15, -0.1) is 11.8 Å². The first-order valence-corrected chi connectivity index (χ1v) is 9.57. The molecule has 4 nitrogen and oxygen atoms in total. The van der Waals surface area contributed by atoms with Gasteiger partial charge in [0.25, 0.3) is 0 Å². The lowest BCUT2D eigenvalue weighted by Crippen LogP contribution is -2.41. The van der Waals surface area contributed by atoms with E-state index in [-0.39, 0.29) is 5.37 Å². The Morgan fingerprint density at radius 2 is 2.14 bits per heavy atom. The summed E-state index contributed by atoms with van der Waals surface area (Å²) >= 11 is 3.61. The maximum atomic E-state index is 12.3. The predicted molar refractivity (Wildman–Crippen MR) is 87.7 cm³/mol. The van der Waals surface area contributed by atoms with Crippen molar-refractivity contribution in [3.8, 4) is 0 Å². The first kappa shape index (κ1) is 15.3. The lowest BCUT2D eigenvalue weighted by Gasteiger charge is -2.35. The van der Waals surface area contributed by atoms with Gasteiger partial charge in [0, 0.05) is 38.4 Å². The van der Waals surface area contributed by atoms with Gasteiger partial charge < -0.3 is 9.64 Å². The third-order valence-corrected chi connectivity index (χ3v) is 5.98. The summed E-state index contributed by atoms with van der Waals surface area (Å²) < 4.78 is 5.37. The topological polar surface area (TPSA) is 32.8 Å². The highest BCUT2D eigenvalue weighted by Crippen LogP contribution is 2.38. The van der Waals surface area contributed by atoms with Crippen molar-refractivity contribution in [1.29, 1.82) is 0 Å². The molecule has 1 atom stereocenters. The molecule has 1 aromatic rings. The minimum absolute atomic E-state index is 0.224. The van der Waals surface area contributed by atoms with Crippen molar-refractivity contribution in [2.45, 2.75) is 18.2 Å². The molecule has 0 bridgehead atoms. The van der Waals surface area contributed by atoms with Gasteiger partial charge in [0.05, 0.1) is 13.2 Å². The Bertz CT molecular complexity index is 447. The van der Waals surface area contributed by atoms with E-state index in [4.69, 9.17) is 4.74 Å². The summed E-state index contributed by atoms with van der Waals surface area (Å²) in [5, 5.41) is 4.49. The first-order chi connectivity index (χ1) is 10.3. The summed E-state index contributed by atoms with van der Waals surface area (Å²) in [5.74, 6) is 1.26. The second-order valence-corrected chi connectivity index (χ2v) is 7.39. The summed E-state index contributed by atoms with van der Waals surface area (Å²) in [6.07, 6.45) is 1.73. The number of amides is 1. The first-order valence-electron chi connectivity index (χ1n) is 7.58. The Kier molecular flexibility index (Phi) is 5.57. The standard InChI is InChI=1S/C15H22N2O2S2/c18-14-3-11-21-15(13-2-10-20-12-13)17(14)5-1-4-16-6-8-19-9-7-16/h2,10,12,15H,1,3-9,11H2. The monoisotopic (exact) mass is 326 g/mol. The Hall–Kier alpha value is -0.560. The Morgan fingerprint density at radius 1 is 1.29 bits per heavy atom. The zero-order valence-electron chi connectivity index (χ0n) is 12.2. The molecular formula is C15H22N2O2S2. The Morgan fingerprint density at radius 3 is 2.90 bits per heavy atom. The van der Waals surface area contributed by atoms with Crippen LogP contribution in [0.4, 0.5) is 0 Å². The molecule has 0 N–H and O–H groups in total. The second kappa shape index (κ2) is 7.63. The van der Waals surface area contributed by atoms with Crippen molar-refractivity contribution in [3.63, 3.8) is 0 Å². The molecular weight excluding hydrogens is 304 g/mol. The maximum absolute atomic E-state index is 12.3. The summed E-state index contributed by atoms with van der Waals surface area (Å²) in [6, 6.07) is 2.15. The molecule has 116 valence electrons. The fourth-order valence-electron chi connectivity index (χ4n) is 2.85. The summed E-state index contributed by atoms with van der Waals surface area (Å²) in [6.45, 7) is 5.66. The van der Waals surface area contributed by atoms with Gasteiger partial charge in [-0.2, -0.15) is 11.3 Å². The average Bonchev–Trinajstić information content (AvgIpc) is 3.04. The van der Waals surface area contributed by atoms with E-state index < -0.39 is 0 Å². The quantitative estimate of drug-likeness (QED) is 0.832. The second-order valence-electron chi connectivity index (χ2n) is 5.42. The molecule has 0 aromatic carbocycles. The zero-order chi connectivity index (χ0) is 14.5. The van der Waals surface area contributed by atoms with Crippen molar-refractivity contribution in [3.05, 3.63) is 22.4 Å². The lowest BCUT2D eigenvalue weighted by atomic mass is 10.2. The molecule has 6 heteroatoms. The van der Waals surface area contributed by atoms with Crippen LogP contribution in [0.1, 0.15) is 23.8 Å². The van der Waals surface area contributed by atoms with Crippen LogP contribution >= 0.6 is 23.1 Å². The number of nitrogens with zero attached hydrogens (tertiary/aromatic N) is 2. The highest BCUT2D eigenvalue weighted by molar-refractivity contribution is 7.99. The summed E-state index contributed by atoms with van der Waals surface area (Å²) in [5.41, 5.74) is 1.28. The number of ether oxygens (including phenoxy) is 1. The molecule has 3 rings (SSSR count). The van der Waals surface area contributed by atoms with E-state index in [2.05, 4.69) is 26.6 Å². The van der Waals surface area contributed by atoms with Crippen LogP contribution in [0.5, 0.6) is 0 Å². The molecule has 2 saturated heterocycles. The van der Waals surface area contributed by atoms with Crippen LogP contribution in [0, 0.1) is 0 Å². The smallest absolute Gasteiger partial charge is 0.224 e. The molecule has 1 unspecified atom stereocenters. The molecule has 1 amide bonds. The van der Waals surface area contributed by atoms with Gasteiger partial charge >= 0.3 is 0 Å². The summed E-state index contributed by atoms with van der Waals surface area (Å²) in [7, 11) is 0. The van der Waals surface area contributed by atoms with Gasteiger partial charge in [-0.25, -0.2) is 0 Å². The van der Waals surface area contributed by atoms with Crippen molar-refractivity contribution >= 4 is 29.0 Å². The molecule has 0 radical (unpaired) electrons. The normalized spacial score (nSPS) is 24.5. The maximum Gasteiger partial charge on any atom is 0.224 e. The molecule has 2 aliphatic rings. The number of carbonyl (C=O) groups excluding carboxylic acids is 1. The molecule has 2 aliphatic heterocycles. The number of thioether (sulfide) groups is 1. The number of rotatable bonds is 5. The van der Waals surface area contributed by atoms with Crippen LogP contribution < -0.4 is 0 Å². The predicted octanol–water partition coefficient (Wildman–Crippen LogP) is 2.43. The minimum atomic E-state index is 0.224. The van der Waals surface area contributed by atoms with Crippen LogP contribution in [-0.4, -0.2) is 60.9 Å². The number of morpholine rings is 1. The number of thiophene rings is 1. The number of hydrogen-bond acceptors (Lipinski definition) is 5. The van der Waals surface area contributed by atoms with E-state index >= 15 is 0 Å². The van der Waals surface area contributed by atoms with Crippen LogP contribution in [0.3, 0.4) is 0 Å². The fraction of sp³-hybridized carbons (Fsp3) is 0.667. The zero-order valence-corrected chi connectivity index (χ0v) is 13.8. The summed E-state index contributed by atoms with van der Waals surface area (Å²) in [4.78, 5) is 16.8.